The van der Waals surface area contributed by atoms with Crippen LogP contribution in [-0.4, -0.2) is 32.8 Å². The summed E-state index contributed by atoms with van der Waals surface area (Å²) >= 11 is 5.73. The lowest BCUT2D eigenvalue weighted by Crippen LogP contribution is -2.11. The normalized spacial score (nSPS) is 23.7. The second-order valence-corrected chi connectivity index (χ2v) is 3.99. The van der Waals surface area contributed by atoms with E-state index < -0.39 is 6.29 Å². The minimum atomic E-state index is -0.417. The zero-order chi connectivity index (χ0) is 12.3. The van der Waals surface area contributed by atoms with E-state index in [1.54, 1.807) is 20.3 Å². The van der Waals surface area contributed by atoms with Crippen molar-refractivity contribution in [1.29, 1.82) is 0 Å². The molecule has 0 spiro atoms. The molecule has 4 nitrogen and oxygen atoms in total. The molecule has 0 radical (unpaired) electrons. The molecule has 94 valence electrons. The van der Waals surface area contributed by atoms with Gasteiger partial charge in [-0.05, 0) is 12.1 Å². The maximum absolute atomic E-state index is 5.73. The van der Waals surface area contributed by atoms with Crippen molar-refractivity contribution in [3.63, 3.8) is 0 Å². The molecule has 1 saturated heterocycles. The van der Waals surface area contributed by atoms with Gasteiger partial charge in [0.1, 0.15) is 11.5 Å². The zero-order valence-corrected chi connectivity index (χ0v) is 10.6. The number of ether oxygens (including phenoxy) is 4. The van der Waals surface area contributed by atoms with E-state index in [4.69, 9.17) is 30.5 Å². The lowest BCUT2D eigenvalue weighted by molar-refractivity contribution is -0.0579. The first kappa shape index (κ1) is 12.5. The van der Waals surface area contributed by atoms with Crippen LogP contribution < -0.4 is 9.47 Å². The van der Waals surface area contributed by atoms with Crippen molar-refractivity contribution in [3.8, 4) is 11.5 Å². The van der Waals surface area contributed by atoms with Gasteiger partial charge in [0.2, 0.25) is 0 Å². The third-order valence-corrected chi connectivity index (χ3v) is 2.96. The fourth-order valence-electron chi connectivity index (χ4n) is 1.71. The number of hydrogen-bond donors (Lipinski definition) is 0. The third-order valence-electron chi connectivity index (χ3n) is 2.62. The topological polar surface area (TPSA) is 36.9 Å². The van der Waals surface area contributed by atoms with Crippen LogP contribution in [-0.2, 0) is 9.47 Å². The summed E-state index contributed by atoms with van der Waals surface area (Å²) in [7, 11) is 3.22. The highest BCUT2D eigenvalue weighted by atomic mass is 35.5. The average Bonchev–Trinajstić information content (AvgIpc) is 2.86. The summed E-state index contributed by atoms with van der Waals surface area (Å²) in [5.41, 5.74) is 0.848. The molecule has 1 aliphatic rings. The van der Waals surface area contributed by atoms with E-state index in [0.29, 0.717) is 18.2 Å². The summed E-state index contributed by atoms with van der Waals surface area (Å²) in [5, 5.41) is 0. The van der Waals surface area contributed by atoms with E-state index in [1.165, 1.54) is 0 Å². The van der Waals surface area contributed by atoms with Crippen LogP contribution in [0, 0.1) is 0 Å². The molecule has 17 heavy (non-hydrogen) atoms. The second kappa shape index (κ2) is 5.58. The molecule has 1 aromatic rings. The lowest BCUT2D eigenvalue weighted by Gasteiger charge is -2.15. The molecule has 0 bridgehead atoms. The Hall–Kier alpha value is -0.970. The van der Waals surface area contributed by atoms with Crippen LogP contribution >= 0.6 is 11.6 Å². The first-order chi connectivity index (χ1) is 8.28. The molecule has 2 atom stereocenters. The summed E-state index contributed by atoms with van der Waals surface area (Å²) in [6.07, 6.45) is -0.479. The first-order valence-electron chi connectivity index (χ1n) is 5.33. The van der Waals surface area contributed by atoms with Gasteiger partial charge in [-0.3, -0.25) is 0 Å². The van der Waals surface area contributed by atoms with Gasteiger partial charge in [0, 0.05) is 11.6 Å². The standard InChI is InChI=1S/C12H15ClO4/c1-14-8-3-4-10(11(5-8)15-2)12-16-7-9(6-13)17-12/h3-5,9,12H,6-7H2,1-2H3. The van der Waals surface area contributed by atoms with Crippen LogP contribution in [0.3, 0.4) is 0 Å². The van der Waals surface area contributed by atoms with Crippen molar-refractivity contribution in [3.05, 3.63) is 23.8 Å². The molecule has 0 saturated carbocycles. The lowest BCUT2D eigenvalue weighted by atomic mass is 10.2. The SMILES string of the molecule is COc1ccc(C2OCC(CCl)O2)c(OC)c1. The van der Waals surface area contributed by atoms with Crippen LogP contribution in [0.2, 0.25) is 0 Å². The van der Waals surface area contributed by atoms with E-state index >= 15 is 0 Å². The Morgan fingerprint density at radius 2 is 2.18 bits per heavy atom. The zero-order valence-electron chi connectivity index (χ0n) is 9.81. The number of halogens is 1. The Labute approximate surface area is 105 Å². The Balaban J connectivity index is 2.20. The van der Waals surface area contributed by atoms with Gasteiger partial charge < -0.3 is 18.9 Å². The Morgan fingerprint density at radius 3 is 2.76 bits per heavy atom. The highest BCUT2D eigenvalue weighted by Crippen LogP contribution is 2.35. The molecule has 0 aromatic heterocycles. The molecule has 0 aliphatic carbocycles. The Kier molecular flexibility index (Phi) is 4.10. The van der Waals surface area contributed by atoms with Gasteiger partial charge in [-0.25, -0.2) is 0 Å². The smallest absolute Gasteiger partial charge is 0.187 e. The van der Waals surface area contributed by atoms with Gasteiger partial charge in [0.15, 0.2) is 6.29 Å². The van der Waals surface area contributed by atoms with Gasteiger partial charge in [-0.15, -0.1) is 11.6 Å². The molecule has 1 fully saturated rings. The molecule has 0 amide bonds. The van der Waals surface area contributed by atoms with E-state index in [2.05, 4.69) is 0 Å². The second-order valence-electron chi connectivity index (χ2n) is 3.69. The van der Waals surface area contributed by atoms with Crippen molar-refractivity contribution in [2.75, 3.05) is 26.7 Å². The van der Waals surface area contributed by atoms with Gasteiger partial charge in [-0.1, -0.05) is 0 Å². The van der Waals surface area contributed by atoms with Crippen LogP contribution in [0.1, 0.15) is 11.9 Å². The van der Waals surface area contributed by atoms with Crippen molar-refractivity contribution in [2.24, 2.45) is 0 Å². The maximum atomic E-state index is 5.73. The molecule has 2 unspecified atom stereocenters. The van der Waals surface area contributed by atoms with E-state index in [0.717, 1.165) is 11.3 Å². The van der Waals surface area contributed by atoms with Crippen molar-refractivity contribution in [2.45, 2.75) is 12.4 Å². The molecule has 1 heterocycles. The summed E-state index contributed by atoms with van der Waals surface area (Å²) in [5.74, 6) is 1.84. The van der Waals surface area contributed by atoms with Gasteiger partial charge in [-0.2, -0.15) is 0 Å². The summed E-state index contributed by atoms with van der Waals surface area (Å²) in [4.78, 5) is 0. The van der Waals surface area contributed by atoms with E-state index in [9.17, 15) is 0 Å². The summed E-state index contributed by atoms with van der Waals surface area (Å²) in [6, 6.07) is 5.52. The molecular weight excluding hydrogens is 244 g/mol. The number of hydrogen-bond acceptors (Lipinski definition) is 4. The monoisotopic (exact) mass is 258 g/mol. The van der Waals surface area contributed by atoms with Crippen LogP contribution in [0.25, 0.3) is 0 Å². The van der Waals surface area contributed by atoms with Crippen molar-refractivity contribution in [1.82, 2.24) is 0 Å². The molecular formula is C12H15ClO4. The maximum Gasteiger partial charge on any atom is 0.187 e. The fourth-order valence-corrected chi connectivity index (χ4v) is 1.87. The van der Waals surface area contributed by atoms with Gasteiger partial charge in [0.05, 0.1) is 32.8 Å². The average molecular weight is 259 g/mol. The number of rotatable bonds is 4. The molecule has 1 aromatic carbocycles. The van der Waals surface area contributed by atoms with Crippen LogP contribution in [0.15, 0.2) is 18.2 Å². The predicted molar refractivity (Wildman–Crippen MR) is 63.8 cm³/mol. The highest BCUT2D eigenvalue weighted by Gasteiger charge is 2.28. The number of alkyl halides is 1. The van der Waals surface area contributed by atoms with Crippen molar-refractivity contribution >= 4 is 11.6 Å². The molecule has 2 rings (SSSR count). The van der Waals surface area contributed by atoms with Crippen LogP contribution in [0.4, 0.5) is 0 Å². The van der Waals surface area contributed by atoms with E-state index in [-0.39, 0.29) is 6.10 Å². The van der Waals surface area contributed by atoms with Crippen molar-refractivity contribution < 1.29 is 18.9 Å². The van der Waals surface area contributed by atoms with Gasteiger partial charge >= 0.3 is 0 Å². The first-order valence-corrected chi connectivity index (χ1v) is 5.87. The quantitative estimate of drug-likeness (QED) is 0.777. The molecule has 5 heteroatoms. The predicted octanol–water partition coefficient (Wildman–Crippen LogP) is 2.36. The number of methoxy groups -OCH3 is 2. The minimum Gasteiger partial charge on any atom is -0.497 e. The largest absolute Gasteiger partial charge is 0.497 e. The van der Waals surface area contributed by atoms with Gasteiger partial charge in [0.25, 0.3) is 0 Å². The summed E-state index contributed by atoms with van der Waals surface area (Å²) in [6.45, 7) is 0.503. The minimum absolute atomic E-state index is 0.0616. The van der Waals surface area contributed by atoms with Crippen LogP contribution in [0.5, 0.6) is 11.5 Å². The van der Waals surface area contributed by atoms with E-state index in [1.807, 2.05) is 12.1 Å². The third kappa shape index (κ3) is 2.65. The Morgan fingerprint density at radius 1 is 1.35 bits per heavy atom. The molecule has 0 N–H and O–H groups in total. The molecule has 1 aliphatic heterocycles. The highest BCUT2D eigenvalue weighted by molar-refractivity contribution is 6.18. The Bertz CT molecular complexity index is 383. The summed E-state index contributed by atoms with van der Waals surface area (Å²) < 4.78 is 21.6. The number of benzene rings is 1. The fraction of sp³-hybridized carbons (Fsp3) is 0.500.